The van der Waals surface area contributed by atoms with Crippen LogP contribution < -0.4 is 0 Å². The van der Waals surface area contributed by atoms with Crippen LogP contribution in [0.1, 0.15) is 33.6 Å². The summed E-state index contributed by atoms with van der Waals surface area (Å²) in [6.07, 6.45) is 12.5. The summed E-state index contributed by atoms with van der Waals surface area (Å²) in [6, 6.07) is 0. The molecule has 16 heavy (non-hydrogen) atoms. The Labute approximate surface area is 98.2 Å². The minimum Gasteiger partial charge on any atom is -0.288 e. The molecule has 0 atom stereocenters. The van der Waals surface area contributed by atoms with Crippen LogP contribution >= 0.6 is 0 Å². The van der Waals surface area contributed by atoms with Crippen LogP contribution in [0.2, 0.25) is 0 Å². The highest BCUT2D eigenvalue weighted by atomic mass is 16.5. The fourth-order valence-corrected chi connectivity index (χ4v) is 1.60. The molecular formula is C14H21NO. The van der Waals surface area contributed by atoms with E-state index in [4.69, 9.17) is 0 Å². The van der Waals surface area contributed by atoms with E-state index in [9.17, 15) is 5.21 Å². The minimum atomic E-state index is 0.611. The molecular weight excluding hydrogens is 198 g/mol. The molecule has 0 bridgehead atoms. The van der Waals surface area contributed by atoms with Crippen LogP contribution in [-0.4, -0.2) is 16.8 Å². The molecule has 0 aromatic rings. The van der Waals surface area contributed by atoms with Gasteiger partial charge in [-0.3, -0.25) is 10.3 Å². The normalized spacial score (nSPS) is 17.8. The van der Waals surface area contributed by atoms with E-state index in [0.717, 1.165) is 18.5 Å². The zero-order chi connectivity index (χ0) is 12.0. The third-order valence-corrected chi connectivity index (χ3v) is 2.69. The Kier molecular flexibility index (Phi) is 5.06. The van der Waals surface area contributed by atoms with Gasteiger partial charge in [-0.05, 0) is 43.9 Å². The van der Waals surface area contributed by atoms with Crippen LogP contribution in [0, 0.1) is 0 Å². The lowest BCUT2D eigenvalue weighted by molar-refractivity contribution is -0.0479. The van der Waals surface area contributed by atoms with Crippen molar-refractivity contribution in [3.8, 4) is 0 Å². The van der Waals surface area contributed by atoms with Crippen molar-refractivity contribution in [2.24, 2.45) is 0 Å². The SMILES string of the molecule is C/C=C(\C=C/CC)CC1=CC=C(C)N(O)C1. The Morgan fingerprint density at radius 2 is 2.25 bits per heavy atom. The number of hydroxylamine groups is 2. The summed E-state index contributed by atoms with van der Waals surface area (Å²) in [5.74, 6) is 0. The van der Waals surface area contributed by atoms with Crippen molar-refractivity contribution in [2.45, 2.75) is 33.6 Å². The second-order valence-corrected chi connectivity index (χ2v) is 4.04. The molecule has 1 aliphatic heterocycles. The Balaban J connectivity index is 2.64. The maximum atomic E-state index is 9.60. The van der Waals surface area contributed by atoms with Gasteiger partial charge in [0.05, 0.1) is 6.54 Å². The second kappa shape index (κ2) is 6.33. The third kappa shape index (κ3) is 3.70. The lowest BCUT2D eigenvalue weighted by Gasteiger charge is -2.23. The second-order valence-electron chi connectivity index (χ2n) is 4.04. The van der Waals surface area contributed by atoms with Gasteiger partial charge in [-0.25, -0.2) is 0 Å². The Hall–Kier alpha value is -1.28. The van der Waals surface area contributed by atoms with Gasteiger partial charge in [-0.15, -0.1) is 0 Å². The van der Waals surface area contributed by atoms with Crippen molar-refractivity contribution in [3.05, 3.63) is 47.2 Å². The molecule has 0 aromatic carbocycles. The fraction of sp³-hybridized carbons (Fsp3) is 0.429. The quantitative estimate of drug-likeness (QED) is 0.726. The molecule has 1 rings (SSSR count). The minimum absolute atomic E-state index is 0.611. The molecule has 88 valence electrons. The van der Waals surface area contributed by atoms with Crippen molar-refractivity contribution >= 4 is 0 Å². The largest absolute Gasteiger partial charge is 0.288 e. The molecule has 0 spiro atoms. The van der Waals surface area contributed by atoms with Gasteiger partial charge in [-0.2, -0.15) is 0 Å². The molecule has 0 fully saturated rings. The van der Waals surface area contributed by atoms with Crippen molar-refractivity contribution in [3.63, 3.8) is 0 Å². The van der Waals surface area contributed by atoms with Crippen LogP contribution in [0.25, 0.3) is 0 Å². The molecule has 0 amide bonds. The average Bonchev–Trinajstić information content (AvgIpc) is 2.29. The van der Waals surface area contributed by atoms with Gasteiger partial charge in [0.25, 0.3) is 0 Å². The fourth-order valence-electron chi connectivity index (χ4n) is 1.60. The Morgan fingerprint density at radius 3 is 2.81 bits per heavy atom. The van der Waals surface area contributed by atoms with E-state index in [2.05, 4.69) is 38.2 Å². The first-order valence-electron chi connectivity index (χ1n) is 5.81. The number of rotatable bonds is 4. The van der Waals surface area contributed by atoms with Crippen LogP contribution in [0.15, 0.2) is 47.2 Å². The highest BCUT2D eigenvalue weighted by molar-refractivity contribution is 5.30. The summed E-state index contributed by atoms with van der Waals surface area (Å²) in [4.78, 5) is 0. The molecule has 1 heterocycles. The zero-order valence-corrected chi connectivity index (χ0v) is 10.4. The highest BCUT2D eigenvalue weighted by Gasteiger charge is 2.10. The first kappa shape index (κ1) is 12.8. The molecule has 1 N–H and O–H groups in total. The van der Waals surface area contributed by atoms with Crippen LogP contribution in [0.3, 0.4) is 0 Å². The zero-order valence-electron chi connectivity index (χ0n) is 10.4. The van der Waals surface area contributed by atoms with Crippen LogP contribution in [-0.2, 0) is 0 Å². The van der Waals surface area contributed by atoms with Crippen molar-refractivity contribution in [1.29, 1.82) is 0 Å². The monoisotopic (exact) mass is 219 g/mol. The molecule has 2 heteroatoms. The van der Waals surface area contributed by atoms with E-state index in [1.807, 2.05) is 13.0 Å². The van der Waals surface area contributed by atoms with Crippen LogP contribution in [0.5, 0.6) is 0 Å². The predicted octanol–water partition coefficient (Wildman–Crippen LogP) is 3.82. The van der Waals surface area contributed by atoms with E-state index in [0.29, 0.717) is 6.54 Å². The van der Waals surface area contributed by atoms with E-state index in [1.54, 1.807) is 0 Å². The Bertz CT molecular complexity index is 348. The van der Waals surface area contributed by atoms with Crippen molar-refractivity contribution in [1.82, 2.24) is 5.06 Å². The summed E-state index contributed by atoms with van der Waals surface area (Å²) in [6.45, 7) is 6.70. The predicted molar refractivity (Wildman–Crippen MR) is 68.1 cm³/mol. The summed E-state index contributed by atoms with van der Waals surface area (Å²) in [5, 5.41) is 10.9. The maximum Gasteiger partial charge on any atom is 0.0666 e. The topological polar surface area (TPSA) is 23.5 Å². The molecule has 0 aliphatic carbocycles. The van der Waals surface area contributed by atoms with E-state index >= 15 is 0 Å². The first-order chi connectivity index (χ1) is 7.67. The van der Waals surface area contributed by atoms with Gasteiger partial charge in [0.2, 0.25) is 0 Å². The summed E-state index contributed by atoms with van der Waals surface area (Å²) < 4.78 is 0. The van der Waals surface area contributed by atoms with E-state index in [-0.39, 0.29) is 0 Å². The van der Waals surface area contributed by atoms with Gasteiger partial charge in [0.15, 0.2) is 0 Å². The molecule has 0 unspecified atom stereocenters. The smallest absolute Gasteiger partial charge is 0.0666 e. The molecule has 0 radical (unpaired) electrons. The van der Waals surface area contributed by atoms with Gasteiger partial charge in [-0.1, -0.05) is 31.2 Å². The third-order valence-electron chi connectivity index (χ3n) is 2.69. The number of hydrogen-bond acceptors (Lipinski definition) is 2. The van der Waals surface area contributed by atoms with Gasteiger partial charge in [0.1, 0.15) is 0 Å². The summed E-state index contributed by atoms with van der Waals surface area (Å²) in [5.41, 5.74) is 3.44. The van der Waals surface area contributed by atoms with E-state index in [1.165, 1.54) is 16.2 Å². The molecule has 0 saturated carbocycles. The van der Waals surface area contributed by atoms with Crippen molar-refractivity contribution < 1.29 is 5.21 Å². The number of nitrogens with zero attached hydrogens (tertiary/aromatic N) is 1. The average molecular weight is 219 g/mol. The lowest BCUT2D eigenvalue weighted by atomic mass is 10.0. The molecule has 0 saturated heterocycles. The molecule has 1 aliphatic rings. The lowest BCUT2D eigenvalue weighted by Crippen LogP contribution is -2.22. The number of allylic oxidation sites excluding steroid dienone is 7. The van der Waals surface area contributed by atoms with Gasteiger partial charge >= 0.3 is 0 Å². The first-order valence-corrected chi connectivity index (χ1v) is 5.81. The van der Waals surface area contributed by atoms with Crippen LogP contribution in [0.4, 0.5) is 0 Å². The summed E-state index contributed by atoms with van der Waals surface area (Å²) >= 11 is 0. The van der Waals surface area contributed by atoms with E-state index < -0.39 is 0 Å². The van der Waals surface area contributed by atoms with Gasteiger partial charge in [0, 0.05) is 5.70 Å². The number of hydrogen-bond donors (Lipinski definition) is 1. The maximum absolute atomic E-state index is 9.60. The highest BCUT2D eigenvalue weighted by Crippen LogP contribution is 2.19. The van der Waals surface area contributed by atoms with Crippen molar-refractivity contribution in [2.75, 3.05) is 6.54 Å². The standard InChI is InChI=1S/C14H21NO/c1-4-6-7-13(5-2)10-14-9-8-12(3)15(16)11-14/h5-9,16H,4,10-11H2,1-3H3/b7-6-,13-5+. The molecule has 2 nitrogen and oxygen atoms in total. The molecule has 0 aromatic heterocycles. The Morgan fingerprint density at radius 1 is 1.50 bits per heavy atom. The summed E-state index contributed by atoms with van der Waals surface area (Å²) in [7, 11) is 0. The van der Waals surface area contributed by atoms with Gasteiger partial charge < -0.3 is 0 Å².